The molecule has 0 radical (unpaired) electrons. The highest BCUT2D eigenvalue weighted by Gasteiger charge is 2.19. The molecule has 1 fully saturated rings. The Hall–Kier alpha value is -1.43. The molecule has 1 aromatic rings. The average molecular weight is 238 g/mol. The van der Waals surface area contributed by atoms with Gasteiger partial charge in [0.15, 0.2) is 5.69 Å². The number of aromatic nitrogens is 3. The van der Waals surface area contributed by atoms with Gasteiger partial charge in [0.2, 0.25) is 0 Å². The van der Waals surface area contributed by atoms with Crippen molar-refractivity contribution in [3.63, 3.8) is 0 Å². The third-order valence-corrected chi connectivity index (χ3v) is 3.39. The summed E-state index contributed by atoms with van der Waals surface area (Å²) in [5.41, 5.74) is 0.00789. The van der Waals surface area contributed by atoms with E-state index in [1.54, 1.807) is 4.68 Å². The van der Waals surface area contributed by atoms with Crippen LogP contribution < -0.4 is 0 Å². The topological polar surface area (TPSA) is 71.2 Å². The Labute approximate surface area is 100 Å². The first kappa shape index (κ1) is 12.0. The summed E-state index contributed by atoms with van der Waals surface area (Å²) in [6, 6.07) is 0.678. The standard InChI is InChI=1S/C11H18N4O2/c1-14(9-4-2-3-5-9)6-7-15-8-10(11(16)17)12-13-15/h8-9H,2-7H2,1H3,(H,16,17). The van der Waals surface area contributed by atoms with E-state index < -0.39 is 5.97 Å². The maximum atomic E-state index is 10.6. The van der Waals surface area contributed by atoms with Crippen molar-refractivity contribution < 1.29 is 9.90 Å². The molecule has 0 bridgehead atoms. The summed E-state index contributed by atoms with van der Waals surface area (Å²) in [5.74, 6) is -1.03. The molecule has 1 aromatic heterocycles. The van der Waals surface area contributed by atoms with E-state index in [9.17, 15) is 4.79 Å². The molecule has 0 atom stereocenters. The van der Waals surface area contributed by atoms with Gasteiger partial charge in [0.25, 0.3) is 0 Å². The largest absolute Gasteiger partial charge is 0.476 e. The summed E-state index contributed by atoms with van der Waals surface area (Å²) in [6.45, 7) is 1.57. The molecule has 6 heteroatoms. The van der Waals surface area contributed by atoms with E-state index in [0.717, 1.165) is 6.54 Å². The second-order valence-electron chi connectivity index (χ2n) is 4.59. The monoisotopic (exact) mass is 238 g/mol. The van der Waals surface area contributed by atoms with Gasteiger partial charge in [-0.05, 0) is 19.9 Å². The molecule has 0 spiro atoms. The van der Waals surface area contributed by atoms with E-state index in [2.05, 4.69) is 22.3 Å². The molecule has 6 nitrogen and oxygen atoms in total. The third-order valence-electron chi connectivity index (χ3n) is 3.39. The zero-order valence-corrected chi connectivity index (χ0v) is 10.0. The van der Waals surface area contributed by atoms with Crippen LogP contribution in [-0.4, -0.2) is 50.6 Å². The van der Waals surface area contributed by atoms with Crippen LogP contribution in [0.25, 0.3) is 0 Å². The second-order valence-corrected chi connectivity index (χ2v) is 4.59. The number of nitrogens with zero attached hydrogens (tertiary/aromatic N) is 4. The Morgan fingerprint density at radius 1 is 1.59 bits per heavy atom. The predicted octanol–water partition coefficient (Wildman–Crippen LogP) is 0.851. The summed E-state index contributed by atoms with van der Waals surface area (Å²) in [5, 5.41) is 16.1. The van der Waals surface area contributed by atoms with Crippen LogP contribution in [0.15, 0.2) is 6.20 Å². The molecule has 1 N–H and O–H groups in total. The van der Waals surface area contributed by atoms with Crippen LogP contribution in [0, 0.1) is 0 Å². The maximum absolute atomic E-state index is 10.6. The molecule has 1 heterocycles. The molecule has 1 aliphatic carbocycles. The molecular formula is C11H18N4O2. The smallest absolute Gasteiger partial charge is 0.358 e. The molecule has 0 amide bonds. The van der Waals surface area contributed by atoms with Crippen molar-refractivity contribution in [2.75, 3.05) is 13.6 Å². The van der Waals surface area contributed by atoms with Crippen molar-refractivity contribution >= 4 is 5.97 Å². The van der Waals surface area contributed by atoms with Gasteiger partial charge in [0.1, 0.15) is 0 Å². The van der Waals surface area contributed by atoms with Crippen molar-refractivity contribution in [3.05, 3.63) is 11.9 Å². The summed E-state index contributed by atoms with van der Waals surface area (Å²) < 4.78 is 1.59. The molecule has 1 aliphatic rings. The van der Waals surface area contributed by atoms with Crippen LogP contribution in [0.5, 0.6) is 0 Å². The van der Waals surface area contributed by atoms with E-state index >= 15 is 0 Å². The minimum atomic E-state index is -1.03. The summed E-state index contributed by atoms with van der Waals surface area (Å²) in [4.78, 5) is 13.0. The van der Waals surface area contributed by atoms with Crippen molar-refractivity contribution in [1.82, 2.24) is 19.9 Å². The zero-order valence-electron chi connectivity index (χ0n) is 10.0. The van der Waals surface area contributed by atoms with Crippen LogP contribution in [0.3, 0.4) is 0 Å². The molecule has 0 unspecified atom stereocenters. The number of carboxylic acid groups (broad SMARTS) is 1. The van der Waals surface area contributed by atoms with Crippen LogP contribution in [0.2, 0.25) is 0 Å². The minimum absolute atomic E-state index is 0.00789. The first-order chi connectivity index (χ1) is 8.16. The zero-order chi connectivity index (χ0) is 12.3. The lowest BCUT2D eigenvalue weighted by Gasteiger charge is -2.23. The first-order valence-electron chi connectivity index (χ1n) is 6.00. The van der Waals surface area contributed by atoms with Crippen LogP contribution >= 0.6 is 0 Å². The number of carbonyl (C=O) groups is 1. The number of likely N-dealkylation sites (N-methyl/N-ethyl adjacent to an activating group) is 1. The minimum Gasteiger partial charge on any atom is -0.476 e. The predicted molar refractivity (Wildman–Crippen MR) is 61.9 cm³/mol. The lowest BCUT2D eigenvalue weighted by Crippen LogP contribution is -2.32. The lowest BCUT2D eigenvalue weighted by atomic mass is 10.2. The Morgan fingerprint density at radius 3 is 2.88 bits per heavy atom. The first-order valence-corrected chi connectivity index (χ1v) is 6.00. The van der Waals surface area contributed by atoms with Gasteiger partial charge >= 0.3 is 5.97 Å². The van der Waals surface area contributed by atoms with Gasteiger partial charge in [-0.25, -0.2) is 4.79 Å². The Balaban J connectivity index is 1.82. The van der Waals surface area contributed by atoms with E-state index in [4.69, 9.17) is 5.11 Å². The summed E-state index contributed by atoms with van der Waals surface area (Å²) >= 11 is 0. The summed E-state index contributed by atoms with van der Waals surface area (Å²) in [7, 11) is 2.12. The van der Waals surface area contributed by atoms with E-state index in [1.165, 1.54) is 31.9 Å². The fraction of sp³-hybridized carbons (Fsp3) is 0.727. The SMILES string of the molecule is CN(CCn1cc(C(=O)O)nn1)C1CCCC1. The van der Waals surface area contributed by atoms with Gasteiger partial charge in [0.05, 0.1) is 12.7 Å². The molecule has 2 rings (SSSR count). The third kappa shape index (κ3) is 3.03. The van der Waals surface area contributed by atoms with Crippen LogP contribution in [-0.2, 0) is 6.54 Å². The number of aromatic carboxylic acids is 1. The Bertz CT molecular complexity index is 385. The number of carboxylic acids is 1. The van der Waals surface area contributed by atoms with Crippen LogP contribution in [0.4, 0.5) is 0 Å². The number of hydrogen-bond donors (Lipinski definition) is 1. The van der Waals surface area contributed by atoms with Gasteiger partial charge < -0.3 is 10.0 Å². The molecule has 1 saturated carbocycles. The second kappa shape index (κ2) is 5.27. The fourth-order valence-electron chi connectivity index (χ4n) is 2.29. The van der Waals surface area contributed by atoms with E-state index in [0.29, 0.717) is 12.6 Å². The Kier molecular flexibility index (Phi) is 3.73. The maximum Gasteiger partial charge on any atom is 0.358 e. The molecular weight excluding hydrogens is 220 g/mol. The molecule has 94 valence electrons. The van der Waals surface area contributed by atoms with E-state index in [1.807, 2.05) is 0 Å². The van der Waals surface area contributed by atoms with Gasteiger partial charge in [-0.3, -0.25) is 4.68 Å². The highest BCUT2D eigenvalue weighted by molar-refractivity contribution is 5.84. The number of rotatable bonds is 5. The molecule has 0 aliphatic heterocycles. The molecule has 0 saturated heterocycles. The van der Waals surface area contributed by atoms with Crippen molar-refractivity contribution in [2.45, 2.75) is 38.3 Å². The van der Waals surface area contributed by atoms with Gasteiger partial charge in [-0.2, -0.15) is 0 Å². The Morgan fingerprint density at radius 2 is 2.29 bits per heavy atom. The van der Waals surface area contributed by atoms with Crippen molar-refractivity contribution in [3.8, 4) is 0 Å². The lowest BCUT2D eigenvalue weighted by molar-refractivity contribution is 0.0690. The average Bonchev–Trinajstić information content (AvgIpc) is 2.97. The highest BCUT2D eigenvalue weighted by Crippen LogP contribution is 2.22. The number of hydrogen-bond acceptors (Lipinski definition) is 4. The van der Waals surface area contributed by atoms with Gasteiger partial charge in [-0.15, -0.1) is 5.10 Å². The normalized spacial score (nSPS) is 16.8. The van der Waals surface area contributed by atoms with Crippen LogP contribution in [0.1, 0.15) is 36.2 Å². The quantitative estimate of drug-likeness (QED) is 0.823. The molecule has 17 heavy (non-hydrogen) atoms. The summed E-state index contributed by atoms with van der Waals surface area (Å²) in [6.07, 6.45) is 6.66. The van der Waals surface area contributed by atoms with Crippen molar-refractivity contribution in [2.24, 2.45) is 0 Å². The molecule has 0 aromatic carbocycles. The van der Waals surface area contributed by atoms with Gasteiger partial charge in [0, 0.05) is 12.6 Å². The van der Waals surface area contributed by atoms with E-state index in [-0.39, 0.29) is 5.69 Å². The van der Waals surface area contributed by atoms with Crippen molar-refractivity contribution in [1.29, 1.82) is 0 Å². The van der Waals surface area contributed by atoms with Gasteiger partial charge in [-0.1, -0.05) is 18.1 Å². The fourth-order valence-corrected chi connectivity index (χ4v) is 2.29. The highest BCUT2D eigenvalue weighted by atomic mass is 16.4.